The number of nitrogens with zero attached hydrogens (tertiary/aromatic N) is 3. The Bertz CT molecular complexity index is 657. The molecule has 6 nitrogen and oxygen atoms in total. The van der Waals surface area contributed by atoms with E-state index in [2.05, 4.69) is 66.0 Å². The smallest absolute Gasteiger partial charge is 0.226 e. The number of nitrogens with one attached hydrogen (secondary N) is 2. The predicted molar refractivity (Wildman–Crippen MR) is 123 cm³/mol. The molecule has 0 bridgehead atoms. The Labute approximate surface area is 183 Å². The molecular formula is C19H32IN5OS. The van der Waals surface area contributed by atoms with Crippen LogP contribution in [0.4, 0.5) is 0 Å². The number of hydrogen-bond acceptors (Lipinski definition) is 5. The van der Waals surface area contributed by atoms with Crippen LogP contribution in [0, 0.1) is 5.92 Å². The molecule has 0 aromatic carbocycles. The van der Waals surface area contributed by atoms with Crippen molar-refractivity contribution in [2.24, 2.45) is 10.9 Å². The average Bonchev–Trinajstić information content (AvgIpc) is 3.28. The number of aryl methyl sites for hydroxylation is 1. The molecule has 152 valence electrons. The third kappa shape index (κ3) is 9.05. The summed E-state index contributed by atoms with van der Waals surface area (Å²) in [5.74, 6) is 3.19. The van der Waals surface area contributed by atoms with Gasteiger partial charge in [-0.1, -0.05) is 32.0 Å². The van der Waals surface area contributed by atoms with E-state index in [4.69, 9.17) is 9.52 Å². The topological polar surface area (TPSA) is 75.3 Å². The van der Waals surface area contributed by atoms with Gasteiger partial charge in [0.25, 0.3) is 0 Å². The highest BCUT2D eigenvalue weighted by atomic mass is 127. The molecule has 0 aliphatic rings. The molecule has 2 N–H and O–H groups in total. The second-order valence-corrected chi connectivity index (χ2v) is 7.87. The summed E-state index contributed by atoms with van der Waals surface area (Å²) in [7, 11) is 0. The van der Waals surface area contributed by atoms with Gasteiger partial charge in [0, 0.05) is 36.9 Å². The average molecular weight is 505 g/mol. The maximum atomic E-state index is 5.28. The fourth-order valence-electron chi connectivity index (χ4n) is 2.48. The van der Waals surface area contributed by atoms with E-state index in [1.165, 1.54) is 4.88 Å². The van der Waals surface area contributed by atoms with Gasteiger partial charge in [0.2, 0.25) is 5.89 Å². The normalized spacial score (nSPS) is 12.7. The van der Waals surface area contributed by atoms with E-state index in [1.807, 2.05) is 11.3 Å². The Morgan fingerprint density at radius 2 is 2.11 bits per heavy atom. The first kappa shape index (κ1) is 23.9. The van der Waals surface area contributed by atoms with Gasteiger partial charge in [-0.2, -0.15) is 4.98 Å². The molecule has 0 spiro atoms. The molecule has 2 aromatic rings. The molecule has 8 heteroatoms. The van der Waals surface area contributed by atoms with E-state index in [1.54, 1.807) is 0 Å². The summed E-state index contributed by atoms with van der Waals surface area (Å²) in [6, 6.07) is 4.30. The summed E-state index contributed by atoms with van der Waals surface area (Å²) in [5, 5.41) is 12.8. The second-order valence-electron chi connectivity index (χ2n) is 6.84. The van der Waals surface area contributed by atoms with E-state index >= 15 is 0 Å². The van der Waals surface area contributed by atoms with Crippen molar-refractivity contribution in [2.75, 3.05) is 19.6 Å². The second kappa shape index (κ2) is 13.1. The van der Waals surface area contributed by atoms with Gasteiger partial charge in [0.1, 0.15) is 0 Å². The van der Waals surface area contributed by atoms with Gasteiger partial charge in [-0.15, -0.1) is 35.3 Å². The fourth-order valence-corrected chi connectivity index (χ4v) is 3.35. The lowest BCUT2D eigenvalue weighted by molar-refractivity contribution is 0.368. The summed E-state index contributed by atoms with van der Waals surface area (Å²) in [6.45, 7) is 10.9. The number of aliphatic imine (C=N–C) groups is 1. The van der Waals surface area contributed by atoms with E-state index in [0.29, 0.717) is 17.7 Å². The largest absolute Gasteiger partial charge is 0.357 e. The van der Waals surface area contributed by atoms with Crippen molar-refractivity contribution < 1.29 is 4.52 Å². The third-order valence-corrected chi connectivity index (χ3v) is 4.79. The van der Waals surface area contributed by atoms with Gasteiger partial charge in [-0.3, -0.25) is 4.99 Å². The van der Waals surface area contributed by atoms with Crippen molar-refractivity contribution in [1.82, 2.24) is 20.8 Å². The maximum absolute atomic E-state index is 5.28. The van der Waals surface area contributed by atoms with Crippen LogP contribution in [0.3, 0.4) is 0 Å². The summed E-state index contributed by atoms with van der Waals surface area (Å²) in [4.78, 5) is 10.5. The highest BCUT2D eigenvalue weighted by molar-refractivity contribution is 14.0. The minimum atomic E-state index is 0. The van der Waals surface area contributed by atoms with E-state index in [9.17, 15) is 0 Å². The zero-order chi connectivity index (χ0) is 18.8. The number of rotatable bonds is 10. The predicted octanol–water partition coefficient (Wildman–Crippen LogP) is 4.24. The molecule has 2 rings (SSSR count). The van der Waals surface area contributed by atoms with Crippen LogP contribution in [0.25, 0.3) is 0 Å². The summed E-state index contributed by atoms with van der Waals surface area (Å²) in [6.07, 6.45) is 2.78. The van der Waals surface area contributed by atoms with Gasteiger partial charge in [0.05, 0.1) is 0 Å². The Kier molecular flexibility index (Phi) is 11.6. The lowest BCUT2D eigenvalue weighted by Crippen LogP contribution is -2.38. The zero-order valence-electron chi connectivity index (χ0n) is 16.7. The van der Waals surface area contributed by atoms with Gasteiger partial charge >= 0.3 is 0 Å². The quantitative estimate of drug-likeness (QED) is 0.219. The summed E-state index contributed by atoms with van der Waals surface area (Å²) in [5.41, 5.74) is 0. The van der Waals surface area contributed by atoms with Crippen molar-refractivity contribution >= 4 is 41.3 Å². The third-order valence-electron chi connectivity index (χ3n) is 3.90. The lowest BCUT2D eigenvalue weighted by atomic mass is 10.1. The van der Waals surface area contributed by atoms with Crippen LogP contribution in [-0.4, -0.2) is 35.7 Å². The monoisotopic (exact) mass is 505 g/mol. The van der Waals surface area contributed by atoms with Gasteiger partial charge in [-0.25, -0.2) is 0 Å². The molecule has 0 aliphatic carbocycles. The summed E-state index contributed by atoms with van der Waals surface area (Å²) < 4.78 is 5.28. The first-order valence-electron chi connectivity index (χ1n) is 9.45. The molecule has 0 aliphatic heterocycles. The Morgan fingerprint density at radius 1 is 1.30 bits per heavy atom. The molecule has 0 saturated heterocycles. The first-order chi connectivity index (χ1) is 12.6. The highest BCUT2D eigenvalue weighted by Gasteiger charge is 2.09. The minimum Gasteiger partial charge on any atom is -0.357 e. The van der Waals surface area contributed by atoms with Crippen LogP contribution in [0.1, 0.15) is 56.6 Å². The van der Waals surface area contributed by atoms with E-state index < -0.39 is 0 Å². The van der Waals surface area contributed by atoms with E-state index in [0.717, 1.165) is 50.7 Å². The van der Waals surface area contributed by atoms with Crippen LogP contribution >= 0.6 is 35.3 Å². The molecular weight excluding hydrogens is 473 g/mol. The molecule has 0 amide bonds. The molecule has 0 fully saturated rings. The van der Waals surface area contributed by atoms with E-state index in [-0.39, 0.29) is 24.0 Å². The van der Waals surface area contributed by atoms with Gasteiger partial charge in [-0.05, 0) is 37.1 Å². The van der Waals surface area contributed by atoms with Crippen LogP contribution in [-0.2, 0) is 12.8 Å². The molecule has 1 unspecified atom stereocenters. The van der Waals surface area contributed by atoms with Crippen molar-refractivity contribution in [3.8, 4) is 0 Å². The van der Waals surface area contributed by atoms with Crippen molar-refractivity contribution in [3.63, 3.8) is 0 Å². The van der Waals surface area contributed by atoms with Crippen LogP contribution < -0.4 is 10.6 Å². The maximum Gasteiger partial charge on any atom is 0.226 e. The van der Waals surface area contributed by atoms with Crippen molar-refractivity contribution in [2.45, 2.75) is 52.9 Å². The standard InChI is InChI=1S/C19H31N5OS.HI/c1-5-20-19(22-13-15(4)12-16-8-7-11-26-16)21-10-6-9-17-23-18(14(2)3)24-25-17;/h7-8,11,14-15H,5-6,9-10,12-13H2,1-4H3,(H2,20,21,22);1H. The van der Waals surface area contributed by atoms with Crippen LogP contribution in [0.5, 0.6) is 0 Å². The molecule has 27 heavy (non-hydrogen) atoms. The Balaban J connectivity index is 0.00000364. The zero-order valence-corrected chi connectivity index (χ0v) is 19.8. The van der Waals surface area contributed by atoms with Gasteiger partial charge in [0.15, 0.2) is 11.8 Å². The molecule has 2 aromatic heterocycles. The molecule has 0 radical (unpaired) electrons. The van der Waals surface area contributed by atoms with Crippen molar-refractivity contribution in [1.29, 1.82) is 0 Å². The lowest BCUT2D eigenvalue weighted by Gasteiger charge is -2.13. The van der Waals surface area contributed by atoms with Crippen LogP contribution in [0.15, 0.2) is 27.0 Å². The number of hydrogen-bond donors (Lipinski definition) is 2. The number of aromatic nitrogens is 2. The summed E-state index contributed by atoms with van der Waals surface area (Å²) >= 11 is 1.81. The number of thiophene rings is 1. The highest BCUT2D eigenvalue weighted by Crippen LogP contribution is 2.14. The van der Waals surface area contributed by atoms with Crippen LogP contribution in [0.2, 0.25) is 0 Å². The van der Waals surface area contributed by atoms with Crippen molar-refractivity contribution in [3.05, 3.63) is 34.1 Å². The first-order valence-corrected chi connectivity index (χ1v) is 10.3. The molecule has 0 saturated carbocycles. The SMILES string of the molecule is CCNC(=NCC(C)Cc1cccs1)NCCCc1nc(C(C)C)no1.I. The minimum absolute atomic E-state index is 0. The molecule has 2 heterocycles. The Hall–Kier alpha value is -1.16. The number of guanidine groups is 1. The van der Waals surface area contributed by atoms with Gasteiger partial charge < -0.3 is 15.2 Å². The Morgan fingerprint density at radius 3 is 2.74 bits per heavy atom. The molecule has 1 atom stereocenters. The fraction of sp³-hybridized carbons (Fsp3) is 0.632. The number of halogens is 1.